The SMILES string of the molecule is Cc1cc(S(=O)(=O)N2CCCCC2CN)c(C)s1. The second kappa shape index (κ2) is 5.28. The molecule has 0 aliphatic carbocycles. The van der Waals surface area contributed by atoms with Gasteiger partial charge >= 0.3 is 0 Å². The van der Waals surface area contributed by atoms with Crippen LogP contribution in [0.4, 0.5) is 0 Å². The Morgan fingerprint density at radius 2 is 2.17 bits per heavy atom. The average Bonchev–Trinajstić information content (AvgIpc) is 2.69. The highest BCUT2D eigenvalue weighted by Gasteiger charge is 2.34. The summed E-state index contributed by atoms with van der Waals surface area (Å²) in [7, 11) is -3.37. The van der Waals surface area contributed by atoms with Gasteiger partial charge in [0.1, 0.15) is 0 Å². The lowest BCUT2D eigenvalue weighted by Gasteiger charge is -2.33. The molecule has 0 bridgehead atoms. The number of thiophene rings is 1. The Labute approximate surface area is 113 Å². The average molecular weight is 288 g/mol. The highest BCUT2D eigenvalue weighted by molar-refractivity contribution is 7.89. The first-order valence-corrected chi connectivity index (χ1v) is 8.51. The highest BCUT2D eigenvalue weighted by atomic mass is 32.2. The molecule has 102 valence electrons. The van der Waals surface area contributed by atoms with Crippen LogP contribution in [-0.2, 0) is 10.0 Å². The number of hydrogen-bond acceptors (Lipinski definition) is 4. The van der Waals surface area contributed by atoms with Crippen LogP contribution in [0.25, 0.3) is 0 Å². The third-order valence-corrected chi connectivity index (χ3v) is 6.60. The van der Waals surface area contributed by atoms with Gasteiger partial charge in [-0.1, -0.05) is 6.42 Å². The van der Waals surface area contributed by atoms with Crippen molar-refractivity contribution in [2.24, 2.45) is 5.73 Å². The van der Waals surface area contributed by atoms with Gasteiger partial charge in [-0.25, -0.2) is 8.42 Å². The lowest BCUT2D eigenvalue weighted by molar-refractivity contribution is 0.257. The van der Waals surface area contributed by atoms with Gasteiger partial charge in [-0.3, -0.25) is 0 Å². The fourth-order valence-corrected chi connectivity index (χ4v) is 5.75. The number of piperidine rings is 1. The maximum absolute atomic E-state index is 12.7. The zero-order chi connectivity index (χ0) is 13.3. The van der Waals surface area contributed by atoms with Gasteiger partial charge in [0, 0.05) is 28.9 Å². The van der Waals surface area contributed by atoms with E-state index in [4.69, 9.17) is 5.73 Å². The largest absolute Gasteiger partial charge is 0.329 e. The first-order chi connectivity index (χ1) is 8.46. The third-order valence-electron chi connectivity index (χ3n) is 3.43. The summed E-state index contributed by atoms with van der Waals surface area (Å²) in [5.74, 6) is 0. The van der Waals surface area contributed by atoms with Crippen LogP contribution < -0.4 is 5.73 Å². The summed E-state index contributed by atoms with van der Waals surface area (Å²) in [6.07, 6.45) is 2.87. The molecule has 4 nitrogen and oxygen atoms in total. The van der Waals surface area contributed by atoms with Gasteiger partial charge in [-0.05, 0) is 32.8 Å². The molecule has 1 aliphatic heterocycles. The van der Waals surface area contributed by atoms with Crippen molar-refractivity contribution >= 4 is 21.4 Å². The Morgan fingerprint density at radius 3 is 2.72 bits per heavy atom. The summed E-state index contributed by atoms with van der Waals surface area (Å²) < 4.78 is 26.9. The standard InChI is InChI=1S/C12H20N2O2S2/c1-9-7-12(10(2)17-9)18(15,16)14-6-4-3-5-11(14)8-13/h7,11H,3-6,8,13H2,1-2H3. The quantitative estimate of drug-likeness (QED) is 0.923. The molecule has 1 aromatic rings. The molecule has 1 fully saturated rings. The van der Waals surface area contributed by atoms with Crippen molar-refractivity contribution in [2.45, 2.75) is 44.0 Å². The molecule has 0 amide bonds. The van der Waals surface area contributed by atoms with Crippen LogP contribution in [0, 0.1) is 13.8 Å². The van der Waals surface area contributed by atoms with E-state index in [2.05, 4.69) is 0 Å². The molecule has 0 radical (unpaired) electrons. The summed E-state index contributed by atoms with van der Waals surface area (Å²) in [5.41, 5.74) is 5.71. The zero-order valence-corrected chi connectivity index (χ0v) is 12.5. The molecule has 1 saturated heterocycles. The maximum Gasteiger partial charge on any atom is 0.244 e. The number of sulfonamides is 1. The Hall–Kier alpha value is -0.430. The smallest absolute Gasteiger partial charge is 0.244 e. The van der Waals surface area contributed by atoms with Crippen molar-refractivity contribution in [1.29, 1.82) is 0 Å². The van der Waals surface area contributed by atoms with E-state index in [1.807, 2.05) is 13.8 Å². The molecular formula is C12H20N2O2S2. The Kier molecular flexibility index (Phi) is 4.11. The van der Waals surface area contributed by atoms with Crippen molar-refractivity contribution in [3.63, 3.8) is 0 Å². The van der Waals surface area contributed by atoms with Crippen LogP contribution in [0.3, 0.4) is 0 Å². The minimum atomic E-state index is -3.37. The number of aryl methyl sites for hydroxylation is 2. The van der Waals surface area contributed by atoms with E-state index in [0.717, 1.165) is 29.0 Å². The fourth-order valence-electron chi connectivity index (χ4n) is 2.52. The summed E-state index contributed by atoms with van der Waals surface area (Å²) in [4.78, 5) is 2.37. The predicted molar refractivity (Wildman–Crippen MR) is 74.4 cm³/mol. The molecule has 18 heavy (non-hydrogen) atoms. The van der Waals surface area contributed by atoms with Crippen LogP contribution in [-0.4, -0.2) is 31.9 Å². The normalized spacial score (nSPS) is 22.3. The molecule has 0 aromatic carbocycles. The summed E-state index contributed by atoms with van der Waals surface area (Å²) in [6.45, 7) is 4.80. The molecule has 0 saturated carbocycles. The third kappa shape index (κ3) is 2.47. The zero-order valence-electron chi connectivity index (χ0n) is 10.8. The first-order valence-electron chi connectivity index (χ1n) is 6.25. The highest BCUT2D eigenvalue weighted by Crippen LogP contribution is 2.31. The van der Waals surface area contributed by atoms with E-state index in [9.17, 15) is 8.42 Å². The predicted octanol–water partition coefficient (Wildman–Crippen LogP) is 1.87. The van der Waals surface area contributed by atoms with Gasteiger partial charge < -0.3 is 5.73 Å². The summed E-state index contributed by atoms with van der Waals surface area (Å²) >= 11 is 1.53. The summed E-state index contributed by atoms with van der Waals surface area (Å²) in [5, 5.41) is 0. The van der Waals surface area contributed by atoms with Gasteiger partial charge in [0.25, 0.3) is 0 Å². The molecule has 2 N–H and O–H groups in total. The van der Waals surface area contributed by atoms with E-state index in [1.165, 1.54) is 11.3 Å². The van der Waals surface area contributed by atoms with Crippen LogP contribution in [0.2, 0.25) is 0 Å². The van der Waals surface area contributed by atoms with Crippen LogP contribution in [0.5, 0.6) is 0 Å². The van der Waals surface area contributed by atoms with E-state index >= 15 is 0 Å². The van der Waals surface area contributed by atoms with Gasteiger partial charge in [0.05, 0.1) is 4.90 Å². The Morgan fingerprint density at radius 1 is 1.44 bits per heavy atom. The monoisotopic (exact) mass is 288 g/mol. The molecule has 1 aromatic heterocycles. The topological polar surface area (TPSA) is 63.4 Å². The van der Waals surface area contributed by atoms with Crippen LogP contribution in [0.15, 0.2) is 11.0 Å². The molecule has 1 atom stereocenters. The van der Waals surface area contributed by atoms with Crippen molar-refractivity contribution < 1.29 is 8.42 Å². The second-order valence-electron chi connectivity index (χ2n) is 4.78. The lowest BCUT2D eigenvalue weighted by atomic mass is 10.1. The number of hydrogen-bond donors (Lipinski definition) is 1. The van der Waals surface area contributed by atoms with Crippen LogP contribution >= 0.6 is 11.3 Å². The Bertz CT molecular complexity index is 522. The van der Waals surface area contributed by atoms with Crippen molar-refractivity contribution in [2.75, 3.05) is 13.1 Å². The molecule has 2 rings (SSSR count). The van der Waals surface area contributed by atoms with Gasteiger partial charge in [0.2, 0.25) is 10.0 Å². The minimum Gasteiger partial charge on any atom is -0.329 e. The molecule has 6 heteroatoms. The first kappa shape index (κ1) is 14.0. The molecule has 0 spiro atoms. The molecule has 2 heterocycles. The molecular weight excluding hydrogens is 268 g/mol. The fraction of sp³-hybridized carbons (Fsp3) is 0.667. The summed E-state index contributed by atoms with van der Waals surface area (Å²) in [6, 6.07) is 1.74. The molecule has 1 unspecified atom stereocenters. The van der Waals surface area contributed by atoms with Crippen LogP contribution in [0.1, 0.15) is 29.0 Å². The van der Waals surface area contributed by atoms with E-state index in [1.54, 1.807) is 10.4 Å². The van der Waals surface area contributed by atoms with Crippen molar-refractivity contribution in [1.82, 2.24) is 4.31 Å². The van der Waals surface area contributed by atoms with E-state index < -0.39 is 10.0 Å². The number of rotatable bonds is 3. The van der Waals surface area contributed by atoms with Gasteiger partial charge in [0.15, 0.2) is 0 Å². The van der Waals surface area contributed by atoms with Gasteiger partial charge in [-0.15, -0.1) is 11.3 Å². The van der Waals surface area contributed by atoms with E-state index in [-0.39, 0.29) is 6.04 Å². The van der Waals surface area contributed by atoms with Crippen molar-refractivity contribution in [3.05, 3.63) is 15.8 Å². The maximum atomic E-state index is 12.7. The van der Waals surface area contributed by atoms with E-state index in [0.29, 0.717) is 18.0 Å². The second-order valence-corrected chi connectivity index (χ2v) is 8.10. The minimum absolute atomic E-state index is 0.0386. The number of nitrogens with zero attached hydrogens (tertiary/aromatic N) is 1. The Balaban J connectivity index is 2.38. The lowest BCUT2D eigenvalue weighted by Crippen LogP contribution is -2.47. The van der Waals surface area contributed by atoms with Crippen molar-refractivity contribution in [3.8, 4) is 0 Å². The van der Waals surface area contributed by atoms with Gasteiger partial charge in [-0.2, -0.15) is 4.31 Å². The molecule has 1 aliphatic rings. The number of nitrogens with two attached hydrogens (primary N) is 1.